The number of hydrogen-bond donors (Lipinski definition) is 0. The van der Waals surface area contributed by atoms with Crippen molar-refractivity contribution in [3.63, 3.8) is 0 Å². The van der Waals surface area contributed by atoms with Crippen LogP contribution >= 0.6 is 0 Å². The molecule has 2 rings (SSSR count). The van der Waals surface area contributed by atoms with Gasteiger partial charge < -0.3 is 0 Å². The molecule has 2 aromatic rings. The van der Waals surface area contributed by atoms with Crippen molar-refractivity contribution in [2.24, 2.45) is 0 Å². The van der Waals surface area contributed by atoms with Crippen molar-refractivity contribution in [1.29, 1.82) is 0 Å². The van der Waals surface area contributed by atoms with Gasteiger partial charge in [0.1, 0.15) is 0 Å². The van der Waals surface area contributed by atoms with Crippen molar-refractivity contribution in [1.82, 2.24) is 9.97 Å². The van der Waals surface area contributed by atoms with Gasteiger partial charge in [-0.05, 0) is 24.3 Å². The fraction of sp³-hybridized carbons (Fsp3) is 0.500. The molecule has 0 aliphatic heterocycles. The number of aromatic nitrogens is 2. The molecule has 22 heavy (non-hydrogen) atoms. The second-order valence-electron chi connectivity index (χ2n) is 7.32. The maximum Gasteiger partial charge on any atom is 0.0889 e. The average Bonchev–Trinajstić information content (AvgIpc) is 2.48. The molecule has 2 heterocycles. The summed E-state index contributed by atoms with van der Waals surface area (Å²) in [5.41, 5.74) is 4.19. The molecular weight excluding hydrogens is 268 g/mol. The molecule has 120 valence electrons. The third-order valence-corrected chi connectivity index (χ3v) is 3.30. The Morgan fingerprint density at radius 2 is 0.909 bits per heavy atom. The van der Waals surface area contributed by atoms with E-state index in [4.69, 9.17) is 9.97 Å². The molecule has 2 nitrogen and oxygen atoms in total. The van der Waals surface area contributed by atoms with Crippen LogP contribution < -0.4 is 0 Å². The quantitative estimate of drug-likeness (QED) is 0.668. The standard InChI is InChI=1S/C18H24N2.C2H6/c1-17(2,3)15-11-7-9-13(19-15)14-10-8-12-16(20-14)18(4,5)6;1-2/h7-12H,1-6H3;1-2H3. The maximum absolute atomic E-state index is 4.77. The van der Waals surface area contributed by atoms with Gasteiger partial charge in [0.25, 0.3) is 0 Å². The molecule has 0 bridgehead atoms. The second kappa shape index (κ2) is 7.04. The van der Waals surface area contributed by atoms with Crippen LogP contribution in [-0.2, 0) is 10.8 Å². The van der Waals surface area contributed by atoms with E-state index < -0.39 is 0 Å². The Kier molecular flexibility index (Phi) is 5.87. The highest BCUT2D eigenvalue weighted by Gasteiger charge is 2.18. The minimum Gasteiger partial charge on any atom is -0.251 e. The molecule has 0 atom stereocenters. The number of pyridine rings is 2. The zero-order chi connectivity index (χ0) is 17.0. The summed E-state index contributed by atoms with van der Waals surface area (Å²) in [6.45, 7) is 17.1. The third kappa shape index (κ3) is 4.66. The van der Waals surface area contributed by atoms with Gasteiger partial charge in [-0.25, -0.2) is 0 Å². The zero-order valence-electron chi connectivity index (χ0n) is 15.4. The largest absolute Gasteiger partial charge is 0.251 e. The molecular formula is C20H30N2. The van der Waals surface area contributed by atoms with Crippen LogP contribution in [0.25, 0.3) is 11.4 Å². The summed E-state index contributed by atoms with van der Waals surface area (Å²) in [6.07, 6.45) is 0. The van der Waals surface area contributed by atoms with Crippen LogP contribution in [0.2, 0.25) is 0 Å². The highest BCUT2D eigenvalue weighted by atomic mass is 14.8. The Hall–Kier alpha value is -1.70. The van der Waals surface area contributed by atoms with E-state index in [2.05, 4.69) is 65.8 Å². The normalized spacial score (nSPS) is 11.6. The van der Waals surface area contributed by atoms with Gasteiger partial charge in [0.15, 0.2) is 0 Å². The Balaban J connectivity index is 0.00000116. The lowest BCUT2D eigenvalue weighted by atomic mass is 9.91. The van der Waals surface area contributed by atoms with E-state index in [-0.39, 0.29) is 10.8 Å². The summed E-state index contributed by atoms with van der Waals surface area (Å²) in [5.74, 6) is 0. The zero-order valence-corrected chi connectivity index (χ0v) is 15.4. The first kappa shape index (κ1) is 18.3. The Labute approximate surface area is 136 Å². The van der Waals surface area contributed by atoms with Crippen LogP contribution in [0.5, 0.6) is 0 Å². The number of rotatable bonds is 1. The summed E-state index contributed by atoms with van der Waals surface area (Å²) in [4.78, 5) is 9.55. The van der Waals surface area contributed by atoms with Crippen LogP contribution in [0.1, 0.15) is 66.8 Å². The lowest BCUT2D eigenvalue weighted by Gasteiger charge is -2.20. The fourth-order valence-electron chi connectivity index (χ4n) is 1.99. The molecule has 0 spiro atoms. The van der Waals surface area contributed by atoms with E-state index in [1.54, 1.807) is 0 Å². The third-order valence-electron chi connectivity index (χ3n) is 3.30. The summed E-state index contributed by atoms with van der Waals surface area (Å²) < 4.78 is 0. The SMILES string of the molecule is CC.CC(C)(C)c1cccc(-c2cccc(C(C)(C)C)n2)n1. The van der Waals surface area contributed by atoms with E-state index in [1.165, 1.54) is 0 Å². The van der Waals surface area contributed by atoms with Gasteiger partial charge in [-0.15, -0.1) is 0 Å². The number of hydrogen-bond acceptors (Lipinski definition) is 2. The van der Waals surface area contributed by atoms with Gasteiger partial charge in [-0.1, -0.05) is 67.5 Å². The highest BCUT2D eigenvalue weighted by Crippen LogP contribution is 2.25. The van der Waals surface area contributed by atoms with Gasteiger partial charge in [-0.3, -0.25) is 9.97 Å². The number of nitrogens with zero attached hydrogens (tertiary/aromatic N) is 2. The molecule has 2 aromatic heterocycles. The molecule has 0 fully saturated rings. The van der Waals surface area contributed by atoms with Gasteiger partial charge in [0.2, 0.25) is 0 Å². The van der Waals surface area contributed by atoms with Crippen molar-refractivity contribution in [2.75, 3.05) is 0 Å². The Morgan fingerprint density at radius 1 is 0.591 bits per heavy atom. The predicted molar refractivity (Wildman–Crippen MR) is 96.2 cm³/mol. The lowest BCUT2D eigenvalue weighted by Crippen LogP contribution is -2.15. The molecule has 0 saturated heterocycles. The van der Waals surface area contributed by atoms with Crippen LogP contribution in [0, 0.1) is 0 Å². The molecule has 0 aliphatic carbocycles. The molecule has 0 aromatic carbocycles. The average molecular weight is 298 g/mol. The van der Waals surface area contributed by atoms with E-state index in [0.29, 0.717) is 0 Å². The van der Waals surface area contributed by atoms with Gasteiger partial charge in [0.05, 0.1) is 11.4 Å². The monoisotopic (exact) mass is 298 g/mol. The molecule has 0 aliphatic rings. The molecule has 0 N–H and O–H groups in total. The van der Waals surface area contributed by atoms with Crippen molar-refractivity contribution < 1.29 is 0 Å². The summed E-state index contributed by atoms with van der Waals surface area (Å²) in [6, 6.07) is 12.4. The van der Waals surface area contributed by atoms with Gasteiger partial charge >= 0.3 is 0 Å². The van der Waals surface area contributed by atoms with Crippen molar-refractivity contribution >= 4 is 0 Å². The fourth-order valence-corrected chi connectivity index (χ4v) is 1.99. The lowest BCUT2D eigenvalue weighted by molar-refractivity contribution is 0.566. The minimum atomic E-state index is 0.0532. The highest BCUT2D eigenvalue weighted by molar-refractivity contribution is 5.54. The van der Waals surface area contributed by atoms with Crippen LogP contribution in [0.15, 0.2) is 36.4 Å². The summed E-state index contributed by atoms with van der Waals surface area (Å²) >= 11 is 0. The van der Waals surface area contributed by atoms with E-state index in [0.717, 1.165) is 22.8 Å². The van der Waals surface area contributed by atoms with E-state index in [1.807, 2.05) is 26.0 Å². The summed E-state index contributed by atoms with van der Waals surface area (Å²) in [5, 5.41) is 0. The molecule has 2 heteroatoms. The first-order chi connectivity index (χ1) is 10.2. The van der Waals surface area contributed by atoms with Gasteiger partial charge in [0, 0.05) is 22.2 Å². The first-order valence-corrected chi connectivity index (χ1v) is 8.13. The van der Waals surface area contributed by atoms with Crippen molar-refractivity contribution in [3.8, 4) is 11.4 Å². The Bertz CT molecular complexity index is 546. The maximum atomic E-state index is 4.77. The van der Waals surface area contributed by atoms with Crippen LogP contribution in [-0.4, -0.2) is 9.97 Å². The minimum absolute atomic E-state index is 0.0532. The smallest absolute Gasteiger partial charge is 0.0889 e. The summed E-state index contributed by atoms with van der Waals surface area (Å²) in [7, 11) is 0. The van der Waals surface area contributed by atoms with Crippen LogP contribution in [0.4, 0.5) is 0 Å². The predicted octanol–water partition coefficient (Wildman–Crippen LogP) is 5.76. The molecule has 0 saturated carbocycles. The molecule has 0 radical (unpaired) electrons. The Morgan fingerprint density at radius 3 is 1.18 bits per heavy atom. The molecule has 0 amide bonds. The second-order valence-corrected chi connectivity index (χ2v) is 7.32. The first-order valence-electron chi connectivity index (χ1n) is 8.13. The topological polar surface area (TPSA) is 25.8 Å². The van der Waals surface area contributed by atoms with E-state index >= 15 is 0 Å². The van der Waals surface area contributed by atoms with Gasteiger partial charge in [-0.2, -0.15) is 0 Å². The van der Waals surface area contributed by atoms with Crippen molar-refractivity contribution in [2.45, 2.75) is 66.2 Å². The molecule has 0 unspecified atom stereocenters. The van der Waals surface area contributed by atoms with Crippen molar-refractivity contribution in [3.05, 3.63) is 47.8 Å². The van der Waals surface area contributed by atoms with E-state index in [9.17, 15) is 0 Å². The van der Waals surface area contributed by atoms with Crippen LogP contribution in [0.3, 0.4) is 0 Å².